The van der Waals surface area contributed by atoms with Gasteiger partial charge in [0.25, 0.3) is 0 Å². The maximum absolute atomic E-state index is 5.43. The van der Waals surface area contributed by atoms with Crippen molar-refractivity contribution in [3.05, 3.63) is 11.8 Å². The van der Waals surface area contributed by atoms with Crippen LogP contribution >= 0.6 is 8.38 Å². The molecule has 0 aromatic carbocycles. The summed E-state index contributed by atoms with van der Waals surface area (Å²) in [5.74, 6) is 0.984. The molecule has 1 atom stereocenters. The van der Waals surface area contributed by atoms with Crippen molar-refractivity contribution in [2.24, 2.45) is 0 Å². The van der Waals surface area contributed by atoms with E-state index in [2.05, 4.69) is 19.9 Å². The van der Waals surface area contributed by atoms with Crippen molar-refractivity contribution >= 4 is 8.38 Å². The number of rotatable bonds is 1. The van der Waals surface area contributed by atoms with Gasteiger partial charge in [0, 0.05) is 7.11 Å². The van der Waals surface area contributed by atoms with Gasteiger partial charge in [-0.05, 0) is 26.8 Å². The molecule has 3 heteroatoms. The van der Waals surface area contributed by atoms with E-state index in [-0.39, 0.29) is 5.16 Å². The van der Waals surface area contributed by atoms with E-state index in [1.807, 2.05) is 6.92 Å². The first kappa shape index (κ1) is 8.03. The molecule has 1 aliphatic heterocycles. The summed E-state index contributed by atoms with van der Waals surface area (Å²) in [6.07, 6.45) is 2.11. The van der Waals surface area contributed by atoms with Crippen molar-refractivity contribution in [2.75, 3.05) is 7.11 Å². The standard InChI is InChI=1S/C7H13O2P/c1-6-5-7(2,3)10(8-4)9-6/h5H,1-4H3. The lowest BCUT2D eigenvalue weighted by Gasteiger charge is -2.20. The molecule has 1 rings (SSSR count). The fourth-order valence-corrected chi connectivity index (χ4v) is 2.48. The highest BCUT2D eigenvalue weighted by Crippen LogP contribution is 2.57. The molecule has 1 unspecified atom stereocenters. The summed E-state index contributed by atoms with van der Waals surface area (Å²) < 4.78 is 10.6. The molecule has 0 saturated carbocycles. The van der Waals surface area contributed by atoms with Gasteiger partial charge in [-0.2, -0.15) is 0 Å². The number of allylic oxidation sites excluding steroid dienone is 2. The van der Waals surface area contributed by atoms with Crippen LogP contribution in [-0.4, -0.2) is 12.3 Å². The summed E-state index contributed by atoms with van der Waals surface area (Å²) in [4.78, 5) is 0. The molecular formula is C7H13O2P. The van der Waals surface area contributed by atoms with Crippen molar-refractivity contribution < 1.29 is 9.05 Å². The zero-order valence-electron chi connectivity index (χ0n) is 6.84. The molecule has 1 heterocycles. The Morgan fingerprint density at radius 3 is 2.40 bits per heavy atom. The highest BCUT2D eigenvalue weighted by molar-refractivity contribution is 7.49. The topological polar surface area (TPSA) is 18.5 Å². The normalized spacial score (nSPS) is 29.6. The third-order valence-electron chi connectivity index (χ3n) is 1.42. The van der Waals surface area contributed by atoms with Crippen molar-refractivity contribution in [1.82, 2.24) is 0 Å². The van der Waals surface area contributed by atoms with E-state index in [9.17, 15) is 0 Å². The smallest absolute Gasteiger partial charge is 0.239 e. The quantitative estimate of drug-likeness (QED) is 0.549. The Hall–Kier alpha value is -0.0700. The predicted molar refractivity (Wildman–Crippen MR) is 42.9 cm³/mol. The first-order valence-electron chi connectivity index (χ1n) is 3.28. The Labute approximate surface area is 63.1 Å². The van der Waals surface area contributed by atoms with Crippen LogP contribution in [0.1, 0.15) is 20.8 Å². The van der Waals surface area contributed by atoms with Crippen LogP contribution in [0.5, 0.6) is 0 Å². The van der Waals surface area contributed by atoms with E-state index < -0.39 is 8.38 Å². The second kappa shape index (κ2) is 2.52. The van der Waals surface area contributed by atoms with E-state index in [0.29, 0.717) is 0 Å². The maximum atomic E-state index is 5.43. The summed E-state index contributed by atoms with van der Waals surface area (Å²) in [6, 6.07) is 0. The van der Waals surface area contributed by atoms with E-state index in [0.717, 1.165) is 5.76 Å². The predicted octanol–water partition coefficient (Wildman–Crippen LogP) is 2.66. The molecule has 0 aromatic heterocycles. The number of hydrogen-bond donors (Lipinski definition) is 0. The summed E-state index contributed by atoms with van der Waals surface area (Å²) in [6.45, 7) is 6.21. The van der Waals surface area contributed by atoms with Gasteiger partial charge in [0.2, 0.25) is 8.38 Å². The monoisotopic (exact) mass is 160 g/mol. The van der Waals surface area contributed by atoms with Gasteiger partial charge in [-0.1, -0.05) is 0 Å². The molecule has 1 aliphatic rings. The van der Waals surface area contributed by atoms with Crippen LogP contribution in [0.2, 0.25) is 0 Å². The van der Waals surface area contributed by atoms with Crippen LogP contribution in [0.4, 0.5) is 0 Å². The molecule has 2 nitrogen and oxygen atoms in total. The third kappa shape index (κ3) is 1.33. The fourth-order valence-electron chi connectivity index (χ4n) is 1.10. The Morgan fingerprint density at radius 1 is 1.60 bits per heavy atom. The van der Waals surface area contributed by atoms with Gasteiger partial charge in [-0.25, -0.2) is 0 Å². The first-order chi connectivity index (χ1) is 4.56. The van der Waals surface area contributed by atoms with Crippen molar-refractivity contribution in [2.45, 2.75) is 25.9 Å². The second-order valence-corrected chi connectivity index (χ2v) is 5.15. The average Bonchev–Trinajstić information content (AvgIpc) is 2.04. The van der Waals surface area contributed by atoms with Crippen molar-refractivity contribution in [3.63, 3.8) is 0 Å². The zero-order valence-corrected chi connectivity index (χ0v) is 7.74. The molecule has 0 radical (unpaired) electrons. The van der Waals surface area contributed by atoms with Crippen LogP contribution in [0.25, 0.3) is 0 Å². The van der Waals surface area contributed by atoms with Gasteiger partial charge in [0.15, 0.2) is 0 Å². The Kier molecular flexibility index (Phi) is 2.02. The summed E-state index contributed by atoms with van der Waals surface area (Å²) >= 11 is 0. The van der Waals surface area contributed by atoms with Crippen molar-refractivity contribution in [1.29, 1.82) is 0 Å². The molecule has 10 heavy (non-hydrogen) atoms. The average molecular weight is 160 g/mol. The molecule has 0 N–H and O–H groups in total. The first-order valence-corrected chi connectivity index (χ1v) is 4.46. The van der Waals surface area contributed by atoms with Crippen LogP contribution in [-0.2, 0) is 9.05 Å². The highest BCUT2D eigenvalue weighted by atomic mass is 31.2. The van der Waals surface area contributed by atoms with Crippen LogP contribution < -0.4 is 0 Å². The van der Waals surface area contributed by atoms with Gasteiger partial charge in [0.1, 0.15) is 0 Å². The molecule has 0 aromatic rings. The Balaban J connectivity index is 2.71. The summed E-state index contributed by atoms with van der Waals surface area (Å²) in [5, 5.41) is 0.0914. The molecule has 58 valence electrons. The van der Waals surface area contributed by atoms with Crippen LogP contribution in [0, 0.1) is 0 Å². The molecule has 0 aliphatic carbocycles. The van der Waals surface area contributed by atoms with E-state index in [4.69, 9.17) is 9.05 Å². The lowest BCUT2D eigenvalue weighted by Crippen LogP contribution is -2.10. The maximum Gasteiger partial charge on any atom is 0.239 e. The van der Waals surface area contributed by atoms with Gasteiger partial charge < -0.3 is 9.05 Å². The summed E-state index contributed by atoms with van der Waals surface area (Å²) in [7, 11) is 0.976. The fraction of sp³-hybridized carbons (Fsp3) is 0.714. The minimum absolute atomic E-state index is 0.0914. The van der Waals surface area contributed by atoms with E-state index in [1.165, 1.54) is 0 Å². The van der Waals surface area contributed by atoms with Gasteiger partial charge in [0.05, 0.1) is 10.9 Å². The van der Waals surface area contributed by atoms with E-state index in [1.54, 1.807) is 7.11 Å². The minimum Gasteiger partial charge on any atom is -0.452 e. The third-order valence-corrected chi connectivity index (χ3v) is 3.28. The molecule has 0 amide bonds. The molecule has 0 saturated heterocycles. The lowest BCUT2D eigenvalue weighted by atomic mass is 10.2. The molecule has 0 bridgehead atoms. The van der Waals surface area contributed by atoms with Crippen molar-refractivity contribution in [3.8, 4) is 0 Å². The van der Waals surface area contributed by atoms with Crippen LogP contribution in [0.15, 0.2) is 11.8 Å². The minimum atomic E-state index is -0.718. The van der Waals surface area contributed by atoms with E-state index >= 15 is 0 Å². The molecule has 0 spiro atoms. The van der Waals surface area contributed by atoms with Gasteiger partial charge in [-0.15, -0.1) is 0 Å². The lowest BCUT2D eigenvalue weighted by molar-refractivity contribution is 0.351. The van der Waals surface area contributed by atoms with Gasteiger partial charge in [-0.3, -0.25) is 0 Å². The zero-order chi connectivity index (χ0) is 7.78. The molecule has 0 fully saturated rings. The Morgan fingerprint density at radius 2 is 2.20 bits per heavy atom. The van der Waals surface area contributed by atoms with Crippen LogP contribution in [0.3, 0.4) is 0 Å². The number of hydrogen-bond acceptors (Lipinski definition) is 2. The van der Waals surface area contributed by atoms with Gasteiger partial charge >= 0.3 is 0 Å². The molecular weight excluding hydrogens is 147 g/mol. The summed E-state index contributed by atoms with van der Waals surface area (Å²) in [5.41, 5.74) is 0. The largest absolute Gasteiger partial charge is 0.452 e. The Bertz CT molecular complexity index is 163. The SMILES string of the molecule is COP1OC(C)=CC1(C)C. The highest BCUT2D eigenvalue weighted by Gasteiger charge is 2.36. The second-order valence-electron chi connectivity index (χ2n) is 2.94.